The number of benzene rings is 2. The molecule has 0 fully saturated rings. The molecule has 150 valence electrons. The Bertz CT molecular complexity index is 820. The van der Waals surface area contributed by atoms with Gasteiger partial charge in [-0.25, -0.2) is 0 Å². The van der Waals surface area contributed by atoms with Crippen molar-refractivity contribution in [1.29, 1.82) is 0 Å². The van der Waals surface area contributed by atoms with Gasteiger partial charge in [0.25, 0.3) is 11.8 Å². The average Bonchev–Trinajstić information content (AvgIpc) is 2.64. The van der Waals surface area contributed by atoms with Gasteiger partial charge in [0.05, 0.1) is 19.3 Å². The molecule has 28 heavy (non-hydrogen) atoms. The van der Waals surface area contributed by atoms with Crippen molar-refractivity contribution in [2.24, 2.45) is 0 Å². The van der Waals surface area contributed by atoms with E-state index in [1.54, 1.807) is 7.11 Å². The van der Waals surface area contributed by atoms with E-state index in [0.29, 0.717) is 11.4 Å². The number of ether oxygens (including phenoxy) is 1. The molecular weight excluding hydrogens is 354 g/mol. The van der Waals surface area contributed by atoms with Gasteiger partial charge in [0.1, 0.15) is 5.75 Å². The first-order valence-corrected chi connectivity index (χ1v) is 9.56. The van der Waals surface area contributed by atoms with E-state index in [4.69, 9.17) is 4.74 Å². The van der Waals surface area contributed by atoms with Crippen LogP contribution in [0.3, 0.4) is 0 Å². The highest BCUT2D eigenvalue weighted by Gasteiger charge is 2.19. The first-order valence-electron chi connectivity index (χ1n) is 9.56. The van der Waals surface area contributed by atoms with Gasteiger partial charge in [0.2, 0.25) is 0 Å². The van der Waals surface area contributed by atoms with E-state index in [0.717, 1.165) is 34.7 Å². The molecule has 1 atom stereocenters. The Morgan fingerprint density at radius 2 is 1.61 bits per heavy atom. The topological polar surface area (TPSA) is 71.9 Å². The van der Waals surface area contributed by atoms with E-state index in [9.17, 15) is 9.59 Å². The maximum absolute atomic E-state index is 12.6. The standard InChI is InChI=1S/C22H29N3O3/c1-5-12-25(14-21(26)23-18-9-7-6-8-17(18)3)15-22(27)24-19-13-16(2)10-11-20(19)28-4/h6-11,13H,5,12,14-15H2,1-4H3,(H,23,26)(H,24,27)/p+1. The van der Waals surface area contributed by atoms with Crippen LogP contribution < -0.4 is 20.3 Å². The predicted molar refractivity (Wildman–Crippen MR) is 112 cm³/mol. The summed E-state index contributed by atoms with van der Waals surface area (Å²) >= 11 is 0. The highest BCUT2D eigenvalue weighted by atomic mass is 16.5. The molecule has 6 nitrogen and oxygen atoms in total. The van der Waals surface area contributed by atoms with Gasteiger partial charge in [-0.3, -0.25) is 9.59 Å². The van der Waals surface area contributed by atoms with Crippen LogP contribution >= 0.6 is 0 Å². The molecule has 6 heteroatoms. The quantitative estimate of drug-likeness (QED) is 0.621. The molecule has 0 saturated carbocycles. The van der Waals surface area contributed by atoms with Crippen LogP contribution in [-0.2, 0) is 9.59 Å². The van der Waals surface area contributed by atoms with E-state index in [1.807, 2.05) is 63.2 Å². The summed E-state index contributed by atoms with van der Waals surface area (Å²) in [5.41, 5.74) is 3.49. The molecule has 2 aromatic carbocycles. The van der Waals surface area contributed by atoms with Crippen molar-refractivity contribution < 1.29 is 19.2 Å². The molecule has 0 heterocycles. The second-order valence-corrected chi connectivity index (χ2v) is 6.97. The lowest BCUT2D eigenvalue weighted by atomic mass is 10.2. The van der Waals surface area contributed by atoms with Crippen molar-refractivity contribution in [2.45, 2.75) is 27.2 Å². The summed E-state index contributed by atoms with van der Waals surface area (Å²) in [6, 6.07) is 13.3. The minimum atomic E-state index is -0.143. The Balaban J connectivity index is 1.98. The van der Waals surface area contributed by atoms with Gasteiger partial charge in [-0.15, -0.1) is 0 Å². The monoisotopic (exact) mass is 384 g/mol. The number of amides is 2. The van der Waals surface area contributed by atoms with Crippen molar-refractivity contribution >= 4 is 23.2 Å². The lowest BCUT2D eigenvalue weighted by molar-refractivity contribution is -0.883. The Labute approximate surface area is 166 Å². The zero-order chi connectivity index (χ0) is 20.5. The number of nitrogens with one attached hydrogen (secondary N) is 3. The molecule has 0 spiro atoms. The highest BCUT2D eigenvalue weighted by Crippen LogP contribution is 2.24. The number of anilines is 2. The number of aryl methyl sites for hydroxylation is 2. The van der Waals surface area contributed by atoms with Gasteiger partial charge in [0.15, 0.2) is 13.1 Å². The van der Waals surface area contributed by atoms with Crippen LogP contribution in [0.25, 0.3) is 0 Å². The highest BCUT2D eigenvalue weighted by molar-refractivity contribution is 5.94. The van der Waals surface area contributed by atoms with E-state index in [-0.39, 0.29) is 24.9 Å². The first kappa shape index (κ1) is 21.4. The molecular formula is C22H30N3O3+. The fraction of sp³-hybridized carbons (Fsp3) is 0.364. The number of methoxy groups -OCH3 is 1. The summed E-state index contributed by atoms with van der Waals surface area (Å²) in [6.07, 6.45) is 0.883. The normalized spacial score (nSPS) is 11.6. The summed E-state index contributed by atoms with van der Waals surface area (Å²) in [6.45, 7) is 7.14. The third-order valence-electron chi connectivity index (χ3n) is 4.47. The van der Waals surface area contributed by atoms with Crippen molar-refractivity contribution in [3.63, 3.8) is 0 Å². The molecule has 0 saturated heterocycles. The third kappa shape index (κ3) is 6.39. The second kappa shape index (κ2) is 10.5. The van der Waals surface area contributed by atoms with Crippen LogP contribution in [0.1, 0.15) is 24.5 Å². The summed E-state index contributed by atoms with van der Waals surface area (Å²) in [4.78, 5) is 25.9. The largest absolute Gasteiger partial charge is 0.495 e. The van der Waals surface area contributed by atoms with Gasteiger partial charge >= 0.3 is 0 Å². The van der Waals surface area contributed by atoms with Crippen LogP contribution in [0.4, 0.5) is 11.4 Å². The fourth-order valence-corrected chi connectivity index (χ4v) is 3.07. The smallest absolute Gasteiger partial charge is 0.279 e. The van der Waals surface area contributed by atoms with Gasteiger partial charge in [-0.1, -0.05) is 31.2 Å². The SMILES string of the molecule is CCC[NH+](CC(=O)Nc1ccccc1C)CC(=O)Nc1cc(C)ccc1OC. The van der Waals surface area contributed by atoms with E-state index in [1.165, 1.54) is 0 Å². The minimum absolute atomic E-state index is 0.0984. The summed E-state index contributed by atoms with van der Waals surface area (Å²) in [7, 11) is 1.57. The average molecular weight is 385 g/mol. The zero-order valence-electron chi connectivity index (χ0n) is 17.1. The molecule has 0 aliphatic heterocycles. The van der Waals surface area contributed by atoms with Gasteiger partial charge in [0, 0.05) is 5.69 Å². The van der Waals surface area contributed by atoms with Crippen LogP contribution in [0, 0.1) is 13.8 Å². The third-order valence-corrected chi connectivity index (χ3v) is 4.47. The number of hydrogen-bond donors (Lipinski definition) is 3. The van der Waals surface area contributed by atoms with E-state index in [2.05, 4.69) is 10.6 Å². The van der Waals surface area contributed by atoms with Crippen LogP contribution in [0.5, 0.6) is 5.75 Å². The number of quaternary nitrogens is 1. The Morgan fingerprint density at radius 3 is 2.21 bits per heavy atom. The van der Waals surface area contributed by atoms with Crippen LogP contribution in [0.15, 0.2) is 42.5 Å². The Morgan fingerprint density at radius 1 is 0.964 bits per heavy atom. The van der Waals surface area contributed by atoms with Crippen molar-refractivity contribution in [1.82, 2.24) is 0 Å². The fourth-order valence-electron chi connectivity index (χ4n) is 3.07. The number of carbonyl (C=O) groups excluding carboxylic acids is 2. The molecule has 3 N–H and O–H groups in total. The minimum Gasteiger partial charge on any atom is -0.495 e. The number of hydrogen-bond acceptors (Lipinski definition) is 3. The summed E-state index contributed by atoms with van der Waals surface area (Å²) < 4.78 is 5.31. The molecule has 1 unspecified atom stereocenters. The van der Waals surface area contributed by atoms with Gasteiger partial charge in [-0.05, 0) is 49.6 Å². The molecule has 2 amide bonds. The molecule has 0 radical (unpaired) electrons. The lowest BCUT2D eigenvalue weighted by Gasteiger charge is -2.19. The number of para-hydroxylation sites is 1. The molecule has 2 aromatic rings. The lowest BCUT2D eigenvalue weighted by Crippen LogP contribution is -3.14. The van der Waals surface area contributed by atoms with Crippen molar-refractivity contribution in [2.75, 3.05) is 37.4 Å². The molecule has 2 rings (SSSR count). The maximum Gasteiger partial charge on any atom is 0.279 e. The van der Waals surface area contributed by atoms with E-state index < -0.39 is 0 Å². The van der Waals surface area contributed by atoms with Crippen molar-refractivity contribution in [3.8, 4) is 5.75 Å². The zero-order valence-corrected chi connectivity index (χ0v) is 17.1. The van der Waals surface area contributed by atoms with Crippen molar-refractivity contribution in [3.05, 3.63) is 53.6 Å². The summed E-state index contributed by atoms with van der Waals surface area (Å²) in [5.74, 6) is 0.378. The van der Waals surface area contributed by atoms with Crippen LogP contribution in [0.2, 0.25) is 0 Å². The molecule has 0 aliphatic rings. The Kier molecular flexibility index (Phi) is 8.02. The molecule has 0 aromatic heterocycles. The summed E-state index contributed by atoms with van der Waals surface area (Å²) in [5, 5.41) is 5.84. The first-order chi connectivity index (χ1) is 13.4. The second-order valence-electron chi connectivity index (χ2n) is 6.97. The maximum atomic E-state index is 12.6. The number of carbonyl (C=O) groups is 2. The van der Waals surface area contributed by atoms with E-state index >= 15 is 0 Å². The molecule has 0 aliphatic carbocycles. The predicted octanol–water partition coefficient (Wildman–Crippen LogP) is 2.18. The molecule has 0 bridgehead atoms. The van der Waals surface area contributed by atoms with Gasteiger partial charge < -0.3 is 20.3 Å². The Hall–Kier alpha value is -2.86. The van der Waals surface area contributed by atoms with Crippen LogP contribution in [-0.4, -0.2) is 38.6 Å². The number of rotatable bonds is 9. The van der Waals surface area contributed by atoms with Gasteiger partial charge in [-0.2, -0.15) is 0 Å².